The van der Waals surface area contributed by atoms with Crippen molar-refractivity contribution < 1.29 is 9.18 Å². The first-order valence-electron chi connectivity index (χ1n) is 8.42. The third-order valence-electron chi connectivity index (χ3n) is 4.10. The largest absolute Gasteiger partial charge is 0.306 e. The molecule has 138 valence electrons. The minimum atomic E-state index is -0.348. The van der Waals surface area contributed by atoms with Gasteiger partial charge in [0.25, 0.3) is 5.91 Å². The number of halogens is 2. The maximum absolute atomic E-state index is 12.9. The zero-order valence-corrected chi connectivity index (χ0v) is 16.1. The quantitative estimate of drug-likeness (QED) is 0.373. The van der Waals surface area contributed by atoms with Crippen molar-refractivity contribution in [2.45, 2.75) is 0 Å². The number of nitrogens with one attached hydrogen (secondary N) is 1. The Morgan fingerprint density at radius 1 is 1.04 bits per heavy atom. The summed E-state index contributed by atoms with van der Waals surface area (Å²) in [5.74, 6) is -0.670. The number of carbonyl (C=O) groups is 1. The standard InChI is InChI=1S/C21H14BrFN4O/c22-17-6-3-15(4-7-17)19-13-27-12-16(5-10-20(27)25-19)21(28)26-24-11-14-1-8-18(23)9-2-14/h1-13H,(H,26,28)/b24-11+. The van der Waals surface area contributed by atoms with E-state index in [1.54, 1.807) is 34.9 Å². The maximum Gasteiger partial charge on any atom is 0.272 e. The first kappa shape index (κ1) is 18.1. The highest BCUT2D eigenvalue weighted by molar-refractivity contribution is 9.10. The van der Waals surface area contributed by atoms with E-state index in [2.05, 4.69) is 31.4 Å². The number of nitrogens with zero attached hydrogens (tertiary/aromatic N) is 3. The van der Waals surface area contributed by atoms with E-state index in [0.717, 1.165) is 21.4 Å². The number of pyridine rings is 1. The second kappa shape index (κ2) is 7.74. The summed E-state index contributed by atoms with van der Waals surface area (Å²) in [6, 6.07) is 17.1. The van der Waals surface area contributed by atoms with Gasteiger partial charge < -0.3 is 4.40 Å². The molecule has 28 heavy (non-hydrogen) atoms. The molecule has 5 nitrogen and oxygen atoms in total. The van der Waals surface area contributed by atoms with Crippen LogP contribution in [0, 0.1) is 5.82 Å². The van der Waals surface area contributed by atoms with Gasteiger partial charge in [-0.15, -0.1) is 0 Å². The average molecular weight is 437 g/mol. The van der Waals surface area contributed by atoms with Crippen molar-refractivity contribution in [3.8, 4) is 11.3 Å². The molecule has 0 saturated carbocycles. The highest BCUT2D eigenvalue weighted by Crippen LogP contribution is 2.21. The van der Waals surface area contributed by atoms with Crippen molar-refractivity contribution in [3.63, 3.8) is 0 Å². The Balaban J connectivity index is 1.51. The predicted molar refractivity (Wildman–Crippen MR) is 110 cm³/mol. The molecule has 0 spiro atoms. The van der Waals surface area contributed by atoms with Crippen LogP contribution in [0.3, 0.4) is 0 Å². The molecule has 7 heteroatoms. The third-order valence-corrected chi connectivity index (χ3v) is 4.63. The van der Waals surface area contributed by atoms with E-state index >= 15 is 0 Å². The Morgan fingerprint density at radius 3 is 2.54 bits per heavy atom. The molecular formula is C21H14BrFN4O. The fourth-order valence-corrected chi connectivity index (χ4v) is 2.93. The van der Waals surface area contributed by atoms with E-state index in [-0.39, 0.29) is 11.7 Å². The molecule has 0 aliphatic rings. The van der Waals surface area contributed by atoms with Crippen LogP contribution < -0.4 is 5.43 Å². The van der Waals surface area contributed by atoms with Gasteiger partial charge in [0.2, 0.25) is 0 Å². The van der Waals surface area contributed by atoms with Crippen LogP contribution in [0.4, 0.5) is 4.39 Å². The first-order valence-corrected chi connectivity index (χ1v) is 9.21. The number of imidazole rings is 1. The third kappa shape index (κ3) is 3.99. The van der Waals surface area contributed by atoms with E-state index in [4.69, 9.17) is 0 Å². The SMILES string of the molecule is O=C(N/N=C/c1ccc(F)cc1)c1ccc2nc(-c3ccc(Br)cc3)cn2c1. The van der Waals surface area contributed by atoms with Crippen molar-refractivity contribution in [2.75, 3.05) is 0 Å². The van der Waals surface area contributed by atoms with Crippen molar-refractivity contribution >= 4 is 33.7 Å². The molecule has 4 aromatic rings. The summed E-state index contributed by atoms with van der Waals surface area (Å²) in [4.78, 5) is 16.9. The van der Waals surface area contributed by atoms with Crippen LogP contribution in [-0.2, 0) is 0 Å². The number of amides is 1. The Hall–Kier alpha value is -3.32. The van der Waals surface area contributed by atoms with Crippen molar-refractivity contribution in [1.29, 1.82) is 0 Å². The highest BCUT2D eigenvalue weighted by atomic mass is 79.9. The Kier molecular flexibility index (Phi) is 4.99. The Bertz CT molecular complexity index is 1170. The molecule has 0 radical (unpaired) electrons. The Morgan fingerprint density at radius 2 is 1.79 bits per heavy atom. The average Bonchev–Trinajstić information content (AvgIpc) is 3.13. The van der Waals surface area contributed by atoms with E-state index < -0.39 is 0 Å². The highest BCUT2D eigenvalue weighted by Gasteiger charge is 2.09. The predicted octanol–water partition coefficient (Wildman–Crippen LogP) is 4.67. The number of hydrazone groups is 1. The molecular weight excluding hydrogens is 423 g/mol. The molecule has 0 aliphatic heterocycles. The molecule has 0 unspecified atom stereocenters. The summed E-state index contributed by atoms with van der Waals surface area (Å²) in [7, 11) is 0. The smallest absolute Gasteiger partial charge is 0.272 e. The van der Waals surface area contributed by atoms with Crippen LogP contribution in [0.1, 0.15) is 15.9 Å². The first-order chi connectivity index (χ1) is 13.6. The second-order valence-corrected chi connectivity index (χ2v) is 6.98. The summed E-state index contributed by atoms with van der Waals surface area (Å²) in [6.07, 6.45) is 5.03. The van der Waals surface area contributed by atoms with E-state index in [9.17, 15) is 9.18 Å². The number of rotatable bonds is 4. The fourth-order valence-electron chi connectivity index (χ4n) is 2.66. The molecule has 2 aromatic carbocycles. The van der Waals surface area contributed by atoms with Gasteiger partial charge in [-0.1, -0.05) is 40.2 Å². The van der Waals surface area contributed by atoms with Gasteiger partial charge in [-0.3, -0.25) is 4.79 Å². The summed E-state index contributed by atoms with van der Waals surface area (Å²) in [5, 5.41) is 3.91. The van der Waals surface area contributed by atoms with Gasteiger partial charge in [-0.25, -0.2) is 14.8 Å². The van der Waals surface area contributed by atoms with Gasteiger partial charge in [0, 0.05) is 22.4 Å². The van der Waals surface area contributed by atoms with Crippen molar-refractivity contribution in [1.82, 2.24) is 14.8 Å². The number of carbonyl (C=O) groups excluding carboxylic acids is 1. The lowest BCUT2D eigenvalue weighted by molar-refractivity contribution is 0.0954. The van der Waals surface area contributed by atoms with Gasteiger partial charge in [0.15, 0.2) is 0 Å². The number of hydrogen-bond donors (Lipinski definition) is 1. The van der Waals surface area contributed by atoms with Crippen LogP contribution in [0.25, 0.3) is 16.9 Å². The van der Waals surface area contributed by atoms with Gasteiger partial charge in [0.1, 0.15) is 11.5 Å². The van der Waals surface area contributed by atoms with Gasteiger partial charge >= 0.3 is 0 Å². The summed E-state index contributed by atoms with van der Waals surface area (Å²) < 4.78 is 15.7. The van der Waals surface area contributed by atoms with Crippen LogP contribution in [0.2, 0.25) is 0 Å². The lowest BCUT2D eigenvalue weighted by Crippen LogP contribution is -2.18. The van der Waals surface area contributed by atoms with Gasteiger partial charge in [0.05, 0.1) is 17.5 Å². The van der Waals surface area contributed by atoms with Gasteiger partial charge in [-0.05, 0) is 42.0 Å². The lowest BCUT2D eigenvalue weighted by atomic mass is 10.2. The van der Waals surface area contributed by atoms with Crippen LogP contribution in [-0.4, -0.2) is 21.5 Å². The molecule has 4 rings (SSSR count). The molecule has 2 heterocycles. The molecule has 0 bridgehead atoms. The monoisotopic (exact) mass is 436 g/mol. The molecule has 0 atom stereocenters. The maximum atomic E-state index is 12.9. The van der Waals surface area contributed by atoms with Crippen molar-refractivity contribution in [3.05, 3.63) is 94.5 Å². The molecule has 0 saturated heterocycles. The molecule has 1 N–H and O–H groups in total. The van der Waals surface area contributed by atoms with E-state index in [1.165, 1.54) is 18.3 Å². The van der Waals surface area contributed by atoms with Crippen LogP contribution in [0.15, 0.2) is 82.6 Å². The molecule has 0 fully saturated rings. The molecule has 1 amide bonds. The minimum absolute atomic E-state index is 0.322. The number of hydrogen-bond acceptors (Lipinski definition) is 3. The zero-order valence-electron chi connectivity index (χ0n) is 14.5. The van der Waals surface area contributed by atoms with Crippen LogP contribution >= 0.6 is 15.9 Å². The molecule has 0 aliphatic carbocycles. The number of benzene rings is 2. The minimum Gasteiger partial charge on any atom is -0.306 e. The molecule has 2 aromatic heterocycles. The van der Waals surface area contributed by atoms with E-state index in [1.807, 2.05) is 30.5 Å². The number of aromatic nitrogens is 2. The number of fused-ring (bicyclic) bond motifs is 1. The van der Waals surface area contributed by atoms with Crippen LogP contribution in [0.5, 0.6) is 0 Å². The lowest BCUT2D eigenvalue weighted by Gasteiger charge is -2.01. The van der Waals surface area contributed by atoms with Gasteiger partial charge in [-0.2, -0.15) is 5.10 Å². The summed E-state index contributed by atoms with van der Waals surface area (Å²) >= 11 is 3.42. The van der Waals surface area contributed by atoms with E-state index in [0.29, 0.717) is 11.1 Å². The Labute approximate surface area is 168 Å². The second-order valence-electron chi connectivity index (χ2n) is 6.07. The van der Waals surface area contributed by atoms with Crippen molar-refractivity contribution in [2.24, 2.45) is 5.10 Å². The zero-order chi connectivity index (χ0) is 19.5. The summed E-state index contributed by atoms with van der Waals surface area (Å²) in [5.41, 5.74) is 6.15. The normalized spacial score (nSPS) is 11.2. The fraction of sp³-hybridized carbons (Fsp3) is 0. The summed E-state index contributed by atoms with van der Waals surface area (Å²) in [6.45, 7) is 0. The topological polar surface area (TPSA) is 58.8 Å².